The Labute approximate surface area is 147 Å². The van der Waals surface area contributed by atoms with Gasteiger partial charge in [0.05, 0.1) is 12.6 Å². The topological polar surface area (TPSA) is 72.9 Å². The summed E-state index contributed by atoms with van der Waals surface area (Å²) in [5.74, 6) is -0.720. The van der Waals surface area contributed by atoms with E-state index in [4.69, 9.17) is 5.11 Å². The average Bonchev–Trinajstić information content (AvgIpc) is 3.07. The van der Waals surface area contributed by atoms with Crippen LogP contribution in [0.2, 0.25) is 0 Å². The van der Waals surface area contributed by atoms with Gasteiger partial charge in [-0.1, -0.05) is 6.07 Å². The Balaban J connectivity index is 1.70. The first kappa shape index (κ1) is 18.9. The van der Waals surface area contributed by atoms with Crippen LogP contribution in [0.1, 0.15) is 24.6 Å². The van der Waals surface area contributed by atoms with Crippen molar-refractivity contribution in [3.05, 3.63) is 22.4 Å². The van der Waals surface area contributed by atoms with E-state index in [1.54, 1.807) is 11.3 Å². The molecule has 1 aromatic rings. The lowest BCUT2D eigenvalue weighted by Crippen LogP contribution is -2.51. The summed E-state index contributed by atoms with van der Waals surface area (Å²) >= 11 is 1.71. The number of carbonyl (C=O) groups is 2. The second-order valence-corrected chi connectivity index (χ2v) is 7.40. The van der Waals surface area contributed by atoms with Crippen LogP contribution < -0.4 is 5.32 Å². The minimum Gasteiger partial charge on any atom is -0.480 e. The van der Waals surface area contributed by atoms with Gasteiger partial charge in [-0.2, -0.15) is 0 Å². The highest BCUT2D eigenvalue weighted by Gasteiger charge is 2.28. The van der Waals surface area contributed by atoms with Gasteiger partial charge < -0.3 is 10.4 Å². The smallest absolute Gasteiger partial charge is 0.317 e. The Kier molecular flexibility index (Phi) is 7.20. The van der Waals surface area contributed by atoms with E-state index in [2.05, 4.69) is 16.3 Å². The van der Waals surface area contributed by atoms with Crippen molar-refractivity contribution in [1.82, 2.24) is 15.1 Å². The number of likely N-dealkylation sites (N-methyl/N-ethyl adjacent to an activating group) is 1. The number of likely N-dealkylation sites (tertiary alicyclic amines) is 1. The molecule has 1 amide bonds. The number of carbonyl (C=O) groups excluding carboxylic acids is 1. The first-order chi connectivity index (χ1) is 11.5. The maximum atomic E-state index is 12.3. The van der Waals surface area contributed by atoms with Crippen LogP contribution in [-0.4, -0.2) is 72.1 Å². The summed E-state index contributed by atoms with van der Waals surface area (Å²) in [5.41, 5.74) is 0. The van der Waals surface area contributed by atoms with Crippen molar-refractivity contribution in [3.63, 3.8) is 0 Å². The molecule has 0 spiro atoms. The number of hydrogen-bond acceptors (Lipinski definition) is 5. The lowest BCUT2D eigenvalue weighted by molar-refractivity contribution is -0.138. The van der Waals surface area contributed by atoms with E-state index in [1.165, 1.54) is 4.88 Å². The Morgan fingerprint density at radius 1 is 1.46 bits per heavy atom. The third-order valence-electron chi connectivity index (χ3n) is 4.68. The molecule has 1 aliphatic heterocycles. The molecule has 1 atom stereocenters. The maximum absolute atomic E-state index is 12.3. The zero-order valence-corrected chi connectivity index (χ0v) is 15.2. The molecular weight excluding hydrogens is 326 g/mol. The predicted octanol–water partition coefficient (Wildman–Crippen LogP) is 1.28. The number of carboxylic acids is 1. The molecule has 7 heteroatoms. The number of nitrogens with zero attached hydrogens (tertiary/aromatic N) is 2. The largest absolute Gasteiger partial charge is 0.480 e. The maximum Gasteiger partial charge on any atom is 0.317 e. The molecule has 2 heterocycles. The van der Waals surface area contributed by atoms with Crippen molar-refractivity contribution in [2.75, 3.05) is 33.2 Å². The van der Waals surface area contributed by atoms with Gasteiger partial charge in [0, 0.05) is 30.6 Å². The van der Waals surface area contributed by atoms with Gasteiger partial charge in [0.25, 0.3) is 0 Å². The third kappa shape index (κ3) is 5.58. The number of nitrogens with one attached hydrogen (secondary N) is 1. The highest BCUT2D eigenvalue weighted by molar-refractivity contribution is 7.09. The van der Waals surface area contributed by atoms with Crippen molar-refractivity contribution >= 4 is 23.2 Å². The van der Waals surface area contributed by atoms with Crippen molar-refractivity contribution in [1.29, 1.82) is 0 Å². The minimum absolute atomic E-state index is 0.0728. The van der Waals surface area contributed by atoms with Gasteiger partial charge in [0.2, 0.25) is 5.91 Å². The quantitative estimate of drug-likeness (QED) is 0.736. The molecule has 1 aromatic heterocycles. The summed E-state index contributed by atoms with van der Waals surface area (Å²) < 4.78 is 0. The Hall–Kier alpha value is -1.44. The van der Waals surface area contributed by atoms with Gasteiger partial charge in [-0.05, 0) is 44.7 Å². The summed E-state index contributed by atoms with van der Waals surface area (Å²) in [6.45, 7) is 4.34. The van der Waals surface area contributed by atoms with Crippen molar-refractivity contribution < 1.29 is 14.7 Å². The van der Waals surface area contributed by atoms with E-state index in [0.29, 0.717) is 6.54 Å². The molecule has 1 aliphatic rings. The molecule has 0 radical (unpaired) electrons. The molecule has 134 valence electrons. The summed E-state index contributed by atoms with van der Waals surface area (Å²) in [7, 11) is 1.86. The number of amides is 1. The van der Waals surface area contributed by atoms with E-state index in [-0.39, 0.29) is 24.5 Å². The Morgan fingerprint density at radius 2 is 2.17 bits per heavy atom. The van der Waals surface area contributed by atoms with Crippen LogP contribution in [0.5, 0.6) is 0 Å². The van der Waals surface area contributed by atoms with Gasteiger partial charge in [-0.3, -0.25) is 19.4 Å². The normalized spacial score (nSPS) is 17.8. The van der Waals surface area contributed by atoms with E-state index >= 15 is 0 Å². The highest BCUT2D eigenvalue weighted by Crippen LogP contribution is 2.17. The summed E-state index contributed by atoms with van der Waals surface area (Å²) in [5, 5.41) is 13.9. The summed E-state index contributed by atoms with van der Waals surface area (Å²) in [6, 6.07) is 4.25. The fraction of sp³-hybridized carbons (Fsp3) is 0.647. The van der Waals surface area contributed by atoms with Crippen LogP contribution in [0.25, 0.3) is 0 Å². The van der Waals surface area contributed by atoms with Gasteiger partial charge in [0.1, 0.15) is 0 Å². The standard InChI is InChI=1S/C17H27N3O3S/c1-13(17(23)18-8-5-15-4-3-11-24-15)20-9-6-14(7-10-20)19(2)12-16(21)22/h3-4,11,13-14H,5-10,12H2,1-2H3,(H,18,23)(H,21,22). The SMILES string of the molecule is CC(C(=O)NCCc1cccs1)N1CCC(N(C)CC(=O)O)CC1. The number of aliphatic carboxylic acids is 1. The molecule has 1 fully saturated rings. The Bertz CT molecular complexity index is 527. The first-order valence-corrected chi connectivity index (χ1v) is 9.31. The zero-order chi connectivity index (χ0) is 17.5. The van der Waals surface area contributed by atoms with E-state index in [9.17, 15) is 9.59 Å². The number of thiophene rings is 1. The molecule has 0 saturated carbocycles. The van der Waals surface area contributed by atoms with Gasteiger partial charge in [0.15, 0.2) is 0 Å². The molecule has 1 unspecified atom stereocenters. The molecule has 6 nitrogen and oxygen atoms in total. The van der Waals surface area contributed by atoms with Crippen molar-refractivity contribution in [3.8, 4) is 0 Å². The monoisotopic (exact) mass is 353 g/mol. The summed E-state index contributed by atoms with van der Waals surface area (Å²) in [6.07, 6.45) is 2.67. The number of hydrogen-bond donors (Lipinski definition) is 2. The fourth-order valence-electron chi connectivity index (χ4n) is 3.13. The van der Waals surface area contributed by atoms with E-state index < -0.39 is 5.97 Å². The lowest BCUT2D eigenvalue weighted by Gasteiger charge is -2.38. The third-order valence-corrected chi connectivity index (χ3v) is 5.62. The van der Waals surface area contributed by atoms with Crippen LogP contribution in [-0.2, 0) is 16.0 Å². The Morgan fingerprint density at radius 3 is 2.75 bits per heavy atom. The highest BCUT2D eigenvalue weighted by atomic mass is 32.1. The van der Waals surface area contributed by atoms with Gasteiger partial charge in [-0.25, -0.2) is 0 Å². The van der Waals surface area contributed by atoms with Crippen LogP contribution >= 0.6 is 11.3 Å². The molecule has 2 rings (SSSR count). The lowest BCUT2D eigenvalue weighted by atomic mass is 10.0. The number of carboxylic acid groups (broad SMARTS) is 1. The molecule has 0 aliphatic carbocycles. The second-order valence-electron chi connectivity index (χ2n) is 6.37. The molecule has 1 saturated heterocycles. The molecule has 0 bridgehead atoms. The van der Waals surface area contributed by atoms with Gasteiger partial charge in [-0.15, -0.1) is 11.3 Å². The van der Waals surface area contributed by atoms with Gasteiger partial charge >= 0.3 is 5.97 Å². The van der Waals surface area contributed by atoms with Crippen LogP contribution in [0.15, 0.2) is 17.5 Å². The van der Waals surface area contributed by atoms with E-state index in [0.717, 1.165) is 32.4 Å². The summed E-state index contributed by atoms with van der Waals surface area (Å²) in [4.78, 5) is 28.5. The second kappa shape index (κ2) is 9.15. The number of rotatable bonds is 8. The molecule has 2 N–H and O–H groups in total. The van der Waals surface area contributed by atoms with E-state index in [1.807, 2.05) is 30.3 Å². The first-order valence-electron chi connectivity index (χ1n) is 8.43. The number of piperidine rings is 1. The van der Waals surface area contributed by atoms with Crippen molar-refractivity contribution in [2.24, 2.45) is 0 Å². The minimum atomic E-state index is -0.793. The van der Waals surface area contributed by atoms with Crippen LogP contribution in [0.4, 0.5) is 0 Å². The average molecular weight is 353 g/mol. The molecule has 0 aromatic carbocycles. The molecule has 24 heavy (non-hydrogen) atoms. The molecular formula is C17H27N3O3S. The van der Waals surface area contributed by atoms with Crippen LogP contribution in [0, 0.1) is 0 Å². The fourth-order valence-corrected chi connectivity index (χ4v) is 3.84. The zero-order valence-electron chi connectivity index (χ0n) is 14.4. The predicted molar refractivity (Wildman–Crippen MR) is 95.4 cm³/mol. The van der Waals surface area contributed by atoms with Crippen LogP contribution in [0.3, 0.4) is 0 Å². The van der Waals surface area contributed by atoms with Crippen molar-refractivity contribution in [2.45, 2.75) is 38.3 Å².